The summed E-state index contributed by atoms with van der Waals surface area (Å²) in [7, 11) is 0. The Balaban J connectivity index is 2.13. The summed E-state index contributed by atoms with van der Waals surface area (Å²) in [5.41, 5.74) is 0.848. The molecule has 1 heterocycles. The zero-order chi connectivity index (χ0) is 13.8. The zero-order valence-electron chi connectivity index (χ0n) is 11.0. The first-order chi connectivity index (χ1) is 9.10. The Morgan fingerprint density at radius 1 is 1.47 bits per heavy atom. The molecule has 1 aromatic heterocycles. The molecule has 0 aliphatic heterocycles. The summed E-state index contributed by atoms with van der Waals surface area (Å²) in [4.78, 5) is 0. The summed E-state index contributed by atoms with van der Waals surface area (Å²) in [5, 5.41) is 13.7. The van der Waals surface area contributed by atoms with Gasteiger partial charge in [-0.15, -0.1) is 0 Å². The fraction of sp³-hybridized carbons (Fsp3) is 0.357. The van der Waals surface area contributed by atoms with E-state index in [4.69, 9.17) is 4.74 Å². The van der Waals surface area contributed by atoms with E-state index in [0.29, 0.717) is 11.5 Å². The molecule has 2 aromatic rings. The van der Waals surface area contributed by atoms with E-state index in [9.17, 15) is 5.11 Å². The molecular weight excluding hydrogens is 308 g/mol. The van der Waals surface area contributed by atoms with Crippen molar-refractivity contribution in [3.63, 3.8) is 0 Å². The number of rotatable bonds is 5. The number of halogens is 1. The van der Waals surface area contributed by atoms with Gasteiger partial charge in [-0.25, -0.2) is 0 Å². The average molecular weight is 325 g/mol. The molecule has 5 heteroatoms. The highest BCUT2D eigenvalue weighted by atomic mass is 79.9. The van der Waals surface area contributed by atoms with E-state index in [-0.39, 0.29) is 0 Å². The summed E-state index contributed by atoms with van der Waals surface area (Å²) >= 11 is 3.45. The molecule has 1 N–H and O–H groups in total. The Kier molecular flexibility index (Phi) is 4.61. The molecule has 0 spiro atoms. The van der Waals surface area contributed by atoms with Gasteiger partial charge in [0.15, 0.2) is 5.75 Å². The van der Waals surface area contributed by atoms with Gasteiger partial charge in [0.1, 0.15) is 5.75 Å². The minimum absolute atomic E-state index is 0.488. The van der Waals surface area contributed by atoms with Gasteiger partial charge in [0.2, 0.25) is 0 Å². The fourth-order valence-corrected chi connectivity index (χ4v) is 2.21. The molecule has 0 saturated heterocycles. The third-order valence-corrected chi connectivity index (χ3v) is 3.35. The standard InChI is InChI=1S/C14H17BrN2O2/c1-3-6-17-9-12(8-16-17)19-14-5-4-11(10(2)18)7-13(14)15/h4-5,7-10,18H,3,6H2,1-2H3/t10-/m0/s1. The van der Waals surface area contributed by atoms with Gasteiger partial charge in [-0.05, 0) is 47.0 Å². The van der Waals surface area contributed by atoms with Crippen molar-refractivity contribution < 1.29 is 9.84 Å². The molecule has 1 atom stereocenters. The number of nitrogens with zero attached hydrogens (tertiary/aromatic N) is 2. The number of benzene rings is 1. The summed E-state index contributed by atoms with van der Waals surface area (Å²) in [6.07, 6.45) is 4.12. The van der Waals surface area contributed by atoms with E-state index in [2.05, 4.69) is 28.0 Å². The molecule has 0 bridgehead atoms. The van der Waals surface area contributed by atoms with Crippen LogP contribution in [0.2, 0.25) is 0 Å². The highest BCUT2D eigenvalue weighted by molar-refractivity contribution is 9.10. The van der Waals surface area contributed by atoms with E-state index >= 15 is 0 Å². The molecule has 0 unspecified atom stereocenters. The molecule has 0 fully saturated rings. The van der Waals surface area contributed by atoms with Crippen LogP contribution in [0, 0.1) is 0 Å². The predicted molar refractivity (Wildman–Crippen MR) is 77.4 cm³/mol. The lowest BCUT2D eigenvalue weighted by Crippen LogP contribution is -1.95. The molecule has 0 radical (unpaired) electrons. The number of hydrogen-bond acceptors (Lipinski definition) is 3. The molecule has 1 aromatic carbocycles. The number of aryl methyl sites for hydroxylation is 1. The SMILES string of the molecule is CCCn1cc(Oc2ccc([C@H](C)O)cc2Br)cn1. The Bertz CT molecular complexity index is 552. The topological polar surface area (TPSA) is 47.3 Å². The molecule has 4 nitrogen and oxygen atoms in total. The van der Waals surface area contributed by atoms with Crippen molar-refractivity contribution in [1.82, 2.24) is 9.78 Å². The van der Waals surface area contributed by atoms with Gasteiger partial charge in [-0.2, -0.15) is 5.10 Å². The Labute approximate surface area is 121 Å². The van der Waals surface area contributed by atoms with Crippen LogP contribution in [0.15, 0.2) is 35.1 Å². The number of aromatic nitrogens is 2. The lowest BCUT2D eigenvalue weighted by Gasteiger charge is -2.09. The monoisotopic (exact) mass is 324 g/mol. The fourth-order valence-electron chi connectivity index (χ4n) is 1.74. The molecule has 2 rings (SSSR count). The van der Waals surface area contributed by atoms with Gasteiger partial charge in [0, 0.05) is 6.54 Å². The van der Waals surface area contributed by atoms with Crippen LogP contribution in [0.4, 0.5) is 0 Å². The van der Waals surface area contributed by atoms with Crippen LogP contribution < -0.4 is 4.74 Å². The quantitative estimate of drug-likeness (QED) is 0.907. The average Bonchev–Trinajstić information content (AvgIpc) is 2.79. The summed E-state index contributed by atoms with van der Waals surface area (Å²) in [6.45, 7) is 4.72. The van der Waals surface area contributed by atoms with Gasteiger partial charge in [-0.3, -0.25) is 4.68 Å². The van der Waals surface area contributed by atoms with Crippen LogP contribution >= 0.6 is 15.9 Å². The molecule has 0 aliphatic carbocycles. The second kappa shape index (κ2) is 6.21. The summed E-state index contributed by atoms with van der Waals surface area (Å²) < 4.78 is 8.43. The summed E-state index contributed by atoms with van der Waals surface area (Å²) in [6, 6.07) is 5.54. The lowest BCUT2D eigenvalue weighted by atomic mass is 10.1. The Morgan fingerprint density at radius 2 is 2.26 bits per heavy atom. The molecule has 0 amide bonds. The second-order valence-corrected chi connectivity index (χ2v) is 5.26. The first-order valence-corrected chi connectivity index (χ1v) is 7.07. The smallest absolute Gasteiger partial charge is 0.165 e. The maximum atomic E-state index is 9.52. The molecular formula is C14H17BrN2O2. The van der Waals surface area contributed by atoms with Gasteiger partial charge in [0.25, 0.3) is 0 Å². The minimum Gasteiger partial charge on any atom is -0.453 e. The molecule has 0 saturated carbocycles. The normalized spacial score (nSPS) is 12.4. The van der Waals surface area contributed by atoms with Gasteiger partial charge in [0.05, 0.1) is 23.0 Å². The zero-order valence-corrected chi connectivity index (χ0v) is 12.6. The molecule has 0 aliphatic rings. The van der Waals surface area contributed by atoms with E-state index in [1.807, 2.05) is 29.1 Å². The largest absolute Gasteiger partial charge is 0.453 e. The van der Waals surface area contributed by atoms with Crippen LogP contribution in [0.5, 0.6) is 11.5 Å². The van der Waals surface area contributed by atoms with E-state index in [1.165, 1.54) is 0 Å². The number of aliphatic hydroxyl groups excluding tert-OH is 1. The van der Waals surface area contributed by atoms with E-state index < -0.39 is 6.10 Å². The first-order valence-electron chi connectivity index (χ1n) is 6.28. The van der Waals surface area contributed by atoms with Crippen molar-refractivity contribution in [1.29, 1.82) is 0 Å². The number of aliphatic hydroxyl groups is 1. The highest BCUT2D eigenvalue weighted by Crippen LogP contribution is 2.31. The Morgan fingerprint density at radius 3 is 2.89 bits per heavy atom. The molecule has 102 valence electrons. The van der Waals surface area contributed by atoms with Crippen molar-refractivity contribution in [3.8, 4) is 11.5 Å². The van der Waals surface area contributed by atoms with Crippen molar-refractivity contribution in [3.05, 3.63) is 40.6 Å². The molecule has 19 heavy (non-hydrogen) atoms. The van der Waals surface area contributed by atoms with Gasteiger partial charge < -0.3 is 9.84 Å². The third-order valence-electron chi connectivity index (χ3n) is 2.73. The van der Waals surface area contributed by atoms with Gasteiger partial charge in [-0.1, -0.05) is 13.0 Å². The number of hydrogen-bond donors (Lipinski definition) is 1. The van der Waals surface area contributed by atoms with Crippen molar-refractivity contribution in [2.24, 2.45) is 0 Å². The van der Waals surface area contributed by atoms with E-state index in [1.54, 1.807) is 13.1 Å². The number of ether oxygens (including phenoxy) is 1. The predicted octanol–water partition coefficient (Wildman–Crippen LogP) is 3.90. The van der Waals surface area contributed by atoms with Crippen molar-refractivity contribution in [2.75, 3.05) is 0 Å². The van der Waals surface area contributed by atoms with Crippen LogP contribution in [-0.2, 0) is 6.54 Å². The second-order valence-electron chi connectivity index (χ2n) is 4.41. The van der Waals surface area contributed by atoms with Gasteiger partial charge >= 0.3 is 0 Å². The highest BCUT2D eigenvalue weighted by Gasteiger charge is 2.08. The maximum Gasteiger partial charge on any atom is 0.165 e. The van der Waals surface area contributed by atoms with E-state index in [0.717, 1.165) is 23.0 Å². The van der Waals surface area contributed by atoms with Crippen LogP contribution in [0.3, 0.4) is 0 Å². The van der Waals surface area contributed by atoms with Crippen LogP contribution in [0.25, 0.3) is 0 Å². The minimum atomic E-state index is -0.488. The van der Waals surface area contributed by atoms with Crippen LogP contribution in [0.1, 0.15) is 31.9 Å². The maximum absolute atomic E-state index is 9.52. The third kappa shape index (κ3) is 3.58. The lowest BCUT2D eigenvalue weighted by molar-refractivity contribution is 0.199. The van der Waals surface area contributed by atoms with Crippen molar-refractivity contribution in [2.45, 2.75) is 32.9 Å². The Hall–Kier alpha value is -1.33. The van der Waals surface area contributed by atoms with Crippen molar-refractivity contribution >= 4 is 15.9 Å². The van der Waals surface area contributed by atoms with Crippen LogP contribution in [-0.4, -0.2) is 14.9 Å². The summed E-state index contributed by atoms with van der Waals surface area (Å²) in [5.74, 6) is 1.42. The first kappa shape index (κ1) is 14.1.